The van der Waals surface area contributed by atoms with Gasteiger partial charge in [-0.1, -0.05) is 5.92 Å². The first-order chi connectivity index (χ1) is 10.7. The van der Waals surface area contributed by atoms with Gasteiger partial charge in [0.1, 0.15) is 12.4 Å². The number of rotatable bonds is 7. The van der Waals surface area contributed by atoms with E-state index >= 15 is 0 Å². The Morgan fingerprint density at radius 2 is 2.05 bits per heavy atom. The molecule has 5 heteroatoms. The summed E-state index contributed by atoms with van der Waals surface area (Å²) in [6.45, 7) is 4.82. The van der Waals surface area contributed by atoms with Gasteiger partial charge in [0.15, 0.2) is 0 Å². The smallest absolute Gasteiger partial charge is 0.148 e. The van der Waals surface area contributed by atoms with Crippen molar-refractivity contribution in [2.75, 3.05) is 57.9 Å². The fourth-order valence-corrected chi connectivity index (χ4v) is 2.48. The molecule has 1 saturated heterocycles. The summed E-state index contributed by atoms with van der Waals surface area (Å²) >= 11 is 0. The average Bonchev–Trinajstić information content (AvgIpc) is 2.54. The largest absolute Gasteiger partial charge is 0.481 e. The monoisotopic (exact) mass is 304 g/mol. The van der Waals surface area contributed by atoms with Crippen LogP contribution in [-0.2, 0) is 4.74 Å². The van der Waals surface area contributed by atoms with Crippen LogP contribution >= 0.6 is 0 Å². The van der Waals surface area contributed by atoms with Gasteiger partial charge in [-0.25, -0.2) is 0 Å². The van der Waals surface area contributed by atoms with Gasteiger partial charge in [-0.3, -0.25) is 4.90 Å². The van der Waals surface area contributed by atoms with E-state index in [9.17, 15) is 5.11 Å². The molecule has 1 N–H and O–H groups in total. The van der Waals surface area contributed by atoms with Crippen LogP contribution in [0, 0.1) is 12.3 Å². The molecule has 0 saturated carbocycles. The lowest BCUT2D eigenvalue weighted by Gasteiger charge is -2.30. The first-order valence-corrected chi connectivity index (χ1v) is 7.54. The maximum absolute atomic E-state index is 10.2. The van der Waals surface area contributed by atoms with Gasteiger partial charge in [0.25, 0.3) is 0 Å². The zero-order chi connectivity index (χ0) is 15.8. The molecule has 1 fully saturated rings. The lowest BCUT2D eigenvalue weighted by Crippen LogP contribution is -2.44. The van der Waals surface area contributed by atoms with Gasteiger partial charge in [0, 0.05) is 38.9 Å². The molecule has 0 spiro atoms. The van der Waals surface area contributed by atoms with E-state index in [1.54, 1.807) is 0 Å². The van der Waals surface area contributed by atoms with E-state index in [4.69, 9.17) is 15.9 Å². The normalized spacial score (nSPS) is 16.8. The first kappa shape index (κ1) is 16.6. The highest BCUT2D eigenvalue weighted by Crippen LogP contribution is 2.18. The highest BCUT2D eigenvalue weighted by molar-refractivity contribution is 5.48. The molecule has 5 nitrogen and oxygen atoms in total. The first-order valence-electron chi connectivity index (χ1n) is 7.54. The number of terminal acetylenes is 1. The summed E-state index contributed by atoms with van der Waals surface area (Å²) in [7, 11) is 1.97. The minimum Gasteiger partial charge on any atom is -0.481 e. The lowest BCUT2D eigenvalue weighted by molar-refractivity contribution is 0.0162. The third-order valence-electron chi connectivity index (χ3n) is 3.66. The summed E-state index contributed by atoms with van der Waals surface area (Å²) in [4.78, 5) is 4.27. The summed E-state index contributed by atoms with van der Waals surface area (Å²) in [6, 6.07) is 7.70. The van der Waals surface area contributed by atoms with E-state index in [2.05, 4.69) is 10.8 Å². The van der Waals surface area contributed by atoms with Crippen LogP contribution in [0.1, 0.15) is 0 Å². The number of aliphatic hydroxyl groups is 1. The van der Waals surface area contributed by atoms with Gasteiger partial charge < -0.3 is 19.5 Å². The van der Waals surface area contributed by atoms with Crippen molar-refractivity contribution in [1.82, 2.24) is 4.90 Å². The van der Waals surface area contributed by atoms with Crippen LogP contribution in [-0.4, -0.2) is 69.2 Å². The third-order valence-corrected chi connectivity index (χ3v) is 3.66. The van der Waals surface area contributed by atoms with Crippen LogP contribution in [0.2, 0.25) is 0 Å². The topological polar surface area (TPSA) is 45.2 Å². The van der Waals surface area contributed by atoms with Crippen molar-refractivity contribution in [2.45, 2.75) is 6.10 Å². The van der Waals surface area contributed by atoms with Crippen molar-refractivity contribution in [3.8, 4) is 18.1 Å². The summed E-state index contributed by atoms with van der Waals surface area (Å²) in [5.41, 5.74) is 1.04. The molecule has 22 heavy (non-hydrogen) atoms. The van der Waals surface area contributed by atoms with Crippen molar-refractivity contribution in [3.63, 3.8) is 0 Å². The number of benzene rings is 1. The lowest BCUT2D eigenvalue weighted by atomic mass is 10.2. The number of morpholine rings is 1. The van der Waals surface area contributed by atoms with E-state index < -0.39 is 0 Å². The standard InChI is InChI=1S/C17H24N2O3/c1-3-10-22-17-6-4-15(5-7-17)18(2)13-16(20)14-19-8-11-21-12-9-19/h1,4-7,16,20H,8-14H2,2H3. The van der Waals surface area contributed by atoms with Crippen LogP contribution in [0.3, 0.4) is 0 Å². The van der Waals surface area contributed by atoms with E-state index in [-0.39, 0.29) is 12.7 Å². The second-order valence-electron chi connectivity index (χ2n) is 5.43. The summed E-state index contributed by atoms with van der Waals surface area (Å²) < 4.78 is 10.7. The van der Waals surface area contributed by atoms with Crippen LogP contribution in [0.15, 0.2) is 24.3 Å². The Morgan fingerprint density at radius 1 is 1.36 bits per heavy atom. The third kappa shape index (κ3) is 5.23. The Morgan fingerprint density at radius 3 is 2.68 bits per heavy atom. The molecule has 120 valence electrons. The Labute approximate surface area is 132 Å². The zero-order valence-corrected chi connectivity index (χ0v) is 13.1. The Kier molecular flexibility index (Phi) is 6.53. The number of hydrogen-bond acceptors (Lipinski definition) is 5. The molecule has 0 amide bonds. The number of β-amino-alcohol motifs (C(OH)–C–C–N with tert-alkyl or cyclic N) is 1. The maximum atomic E-state index is 10.2. The Bertz CT molecular complexity index is 478. The minimum atomic E-state index is -0.388. The Balaban J connectivity index is 1.80. The highest BCUT2D eigenvalue weighted by Gasteiger charge is 2.16. The summed E-state index contributed by atoms with van der Waals surface area (Å²) in [5.74, 6) is 3.19. The molecule has 1 aromatic rings. The van der Waals surface area contributed by atoms with E-state index in [0.717, 1.165) is 37.7 Å². The van der Waals surface area contributed by atoms with Crippen molar-refractivity contribution in [1.29, 1.82) is 0 Å². The molecule has 2 rings (SSSR count). The van der Waals surface area contributed by atoms with Gasteiger partial charge in [-0.05, 0) is 24.3 Å². The number of hydrogen-bond donors (Lipinski definition) is 1. The van der Waals surface area contributed by atoms with Crippen molar-refractivity contribution >= 4 is 5.69 Å². The SMILES string of the molecule is C#CCOc1ccc(N(C)CC(O)CN2CCOCC2)cc1. The maximum Gasteiger partial charge on any atom is 0.148 e. The highest BCUT2D eigenvalue weighted by atomic mass is 16.5. The number of nitrogens with zero attached hydrogens (tertiary/aromatic N) is 2. The van der Waals surface area contributed by atoms with Gasteiger partial charge in [-0.2, -0.15) is 0 Å². The second kappa shape index (κ2) is 8.64. The minimum absolute atomic E-state index is 0.271. The fraction of sp³-hybridized carbons (Fsp3) is 0.529. The summed E-state index contributed by atoms with van der Waals surface area (Å²) in [6.07, 6.45) is 4.77. The van der Waals surface area contributed by atoms with Crippen LogP contribution in [0.25, 0.3) is 0 Å². The molecule has 0 aliphatic carbocycles. The number of anilines is 1. The van der Waals surface area contributed by atoms with Crippen molar-refractivity contribution in [3.05, 3.63) is 24.3 Å². The number of aliphatic hydroxyl groups excluding tert-OH is 1. The predicted octanol–water partition coefficient (Wildman–Crippen LogP) is 0.828. The average molecular weight is 304 g/mol. The van der Waals surface area contributed by atoms with Gasteiger partial charge in [-0.15, -0.1) is 6.42 Å². The quantitative estimate of drug-likeness (QED) is 0.756. The van der Waals surface area contributed by atoms with Gasteiger partial charge in [0.2, 0.25) is 0 Å². The van der Waals surface area contributed by atoms with E-state index in [1.807, 2.05) is 36.2 Å². The van der Waals surface area contributed by atoms with Gasteiger partial charge in [0.05, 0.1) is 19.3 Å². The van der Waals surface area contributed by atoms with Crippen LogP contribution in [0.4, 0.5) is 5.69 Å². The second-order valence-corrected chi connectivity index (χ2v) is 5.43. The molecule has 0 aromatic heterocycles. The molecular formula is C17H24N2O3. The van der Waals surface area contributed by atoms with E-state index in [1.165, 1.54) is 0 Å². The molecular weight excluding hydrogens is 280 g/mol. The van der Waals surface area contributed by atoms with Crippen LogP contribution < -0.4 is 9.64 Å². The Hall–Kier alpha value is -1.74. The van der Waals surface area contributed by atoms with Gasteiger partial charge >= 0.3 is 0 Å². The molecule has 1 aromatic carbocycles. The molecule has 1 heterocycles. The number of likely N-dealkylation sites (N-methyl/N-ethyl adjacent to an activating group) is 1. The molecule has 0 radical (unpaired) electrons. The van der Waals surface area contributed by atoms with Crippen molar-refractivity contribution in [2.24, 2.45) is 0 Å². The molecule has 1 atom stereocenters. The van der Waals surface area contributed by atoms with Crippen molar-refractivity contribution < 1.29 is 14.6 Å². The van der Waals surface area contributed by atoms with Crippen LogP contribution in [0.5, 0.6) is 5.75 Å². The zero-order valence-electron chi connectivity index (χ0n) is 13.1. The predicted molar refractivity (Wildman–Crippen MR) is 87.3 cm³/mol. The molecule has 1 unspecified atom stereocenters. The number of ether oxygens (including phenoxy) is 2. The molecule has 1 aliphatic heterocycles. The molecule has 1 aliphatic rings. The molecule has 0 bridgehead atoms. The fourth-order valence-electron chi connectivity index (χ4n) is 2.48. The summed E-state index contributed by atoms with van der Waals surface area (Å²) in [5, 5.41) is 10.2. The van der Waals surface area contributed by atoms with E-state index in [0.29, 0.717) is 13.1 Å².